The molecule has 0 aliphatic rings. The molecule has 0 radical (unpaired) electrons. The van der Waals surface area contributed by atoms with E-state index in [4.69, 9.17) is 9.26 Å². The second-order valence-electron chi connectivity index (χ2n) is 5.12. The fourth-order valence-electron chi connectivity index (χ4n) is 1.74. The van der Waals surface area contributed by atoms with Crippen molar-refractivity contribution < 1.29 is 14.1 Å². The lowest BCUT2D eigenvalue weighted by Crippen LogP contribution is -2.28. The molecule has 2 N–H and O–H groups in total. The first-order valence-electron chi connectivity index (χ1n) is 6.83. The fraction of sp³-hybridized carbons (Fsp3) is 0.429. The largest absolute Gasteiger partial charge is 0.491 e. The number of amides is 1. The summed E-state index contributed by atoms with van der Waals surface area (Å²) >= 11 is 0. The number of methoxy groups -OCH3 is 1. The Bertz CT molecular complexity index is 720. The van der Waals surface area contributed by atoms with E-state index in [1.54, 1.807) is 6.92 Å². The average molecular weight is 306 g/mol. The lowest BCUT2D eigenvalue weighted by molar-refractivity contribution is 0.0927. The number of carbonyl (C=O) groups excluding carboxylic acids is 1. The summed E-state index contributed by atoms with van der Waals surface area (Å²) in [5.41, 5.74) is -0.250. The van der Waals surface area contributed by atoms with E-state index in [-0.39, 0.29) is 22.8 Å². The van der Waals surface area contributed by atoms with Gasteiger partial charge < -0.3 is 19.6 Å². The molecule has 1 atom stereocenters. The normalized spacial score (nSPS) is 12.2. The van der Waals surface area contributed by atoms with Gasteiger partial charge in [-0.15, -0.1) is 0 Å². The Morgan fingerprint density at radius 2 is 2.14 bits per heavy atom. The Labute approximate surface area is 126 Å². The monoisotopic (exact) mass is 306 g/mol. The molecule has 0 saturated heterocycles. The second kappa shape index (κ2) is 6.42. The summed E-state index contributed by atoms with van der Waals surface area (Å²) in [4.78, 5) is 30.7. The molecule has 0 unspecified atom stereocenters. The SMILES string of the molecule is COc1c[nH]c(C(=O)N[C@H](C)c2nc(C(C)C)no2)cc1=O. The topological polar surface area (TPSA) is 110 Å². The number of aromatic nitrogens is 3. The first kappa shape index (κ1) is 15.7. The molecule has 2 heterocycles. The first-order chi connectivity index (χ1) is 10.4. The van der Waals surface area contributed by atoms with Crippen molar-refractivity contribution in [2.45, 2.75) is 32.7 Å². The molecular weight excluding hydrogens is 288 g/mol. The van der Waals surface area contributed by atoms with Crippen molar-refractivity contribution in [3.63, 3.8) is 0 Å². The first-order valence-corrected chi connectivity index (χ1v) is 6.83. The van der Waals surface area contributed by atoms with Gasteiger partial charge in [-0.2, -0.15) is 4.98 Å². The molecule has 2 rings (SSSR count). The number of ether oxygens (including phenoxy) is 1. The van der Waals surface area contributed by atoms with Crippen LogP contribution in [0.5, 0.6) is 5.75 Å². The van der Waals surface area contributed by atoms with Crippen LogP contribution in [-0.4, -0.2) is 28.1 Å². The van der Waals surface area contributed by atoms with Crippen molar-refractivity contribution in [3.8, 4) is 5.75 Å². The number of carbonyl (C=O) groups is 1. The van der Waals surface area contributed by atoms with Gasteiger partial charge in [-0.05, 0) is 6.92 Å². The smallest absolute Gasteiger partial charge is 0.268 e. The predicted molar refractivity (Wildman–Crippen MR) is 77.9 cm³/mol. The number of nitrogens with one attached hydrogen (secondary N) is 2. The molecule has 0 fully saturated rings. The molecule has 8 nitrogen and oxygen atoms in total. The predicted octanol–water partition coefficient (Wildman–Crippen LogP) is 1.38. The van der Waals surface area contributed by atoms with E-state index in [0.29, 0.717) is 11.7 Å². The Morgan fingerprint density at radius 3 is 2.68 bits per heavy atom. The van der Waals surface area contributed by atoms with Gasteiger partial charge >= 0.3 is 0 Å². The molecule has 118 valence electrons. The maximum atomic E-state index is 12.1. The summed E-state index contributed by atoms with van der Waals surface area (Å²) in [6.45, 7) is 5.61. The molecule has 0 aliphatic heterocycles. The highest BCUT2D eigenvalue weighted by Crippen LogP contribution is 2.15. The van der Waals surface area contributed by atoms with Crippen molar-refractivity contribution in [1.82, 2.24) is 20.4 Å². The summed E-state index contributed by atoms with van der Waals surface area (Å²) in [6, 6.07) is 0.701. The van der Waals surface area contributed by atoms with Gasteiger partial charge in [0.15, 0.2) is 11.6 Å². The molecular formula is C14H18N4O4. The number of aromatic amines is 1. The standard InChI is InChI=1S/C14H18N4O4/c1-7(2)12-17-14(22-18-12)8(3)16-13(20)9-5-10(19)11(21-4)6-15-9/h5-8H,1-4H3,(H,15,19)(H,16,20)/t8-/m1/s1. The van der Waals surface area contributed by atoms with Gasteiger partial charge in [-0.25, -0.2) is 0 Å². The van der Waals surface area contributed by atoms with Gasteiger partial charge in [0.2, 0.25) is 11.3 Å². The van der Waals surface area contributed by atoms with Gasteiger partial charge in [-0.1, -0.05) is 19.0 Å². The van der Waals surface area contributed by atoms with Crippen LogP contribution in [0.2, 0.25) is 0 Å². The van der Waals surface area contributed by atoms with Crippen molar-refractivity contribution in [2.75, 3.05) is 7.11 Å². The summed E-state index contributed by atoms with van der Waals surface area (Å²) in [7, 11) is 1.38. The molecule has 8 heteroatoms. The maximum absolute atomic E-state index is 12.1. The molecule has 1 amide bonds. The van der Waals surface area contributed by atoms with E-state index in [1.807, 2.05) is 13.8 Å². The van der Waals surface area contributed by atoms with Crippen molar-refractivity contribution in [3.05, 3.63) is 39.9 Å². The van der Waals surface area contributed by atoms with Gasteiger partial charge in [-0.3, -0.25) is 9.59 Å². The van der Waals surface area contributed by atoms with E-state index in [2.05, 4.69) is 20.4 Å². The highest BCUT2D eigenvalue weighted by atomic mass is 16.5. The van der Waals surface area contributed by atoms with Crippen LogP contribution in [0.3, 0.4) is 0 Å². The summed E-state index contributed by atoms with van der Waals surface area (Å²) < 4.78 is 9.96. The third kappa shape index (κ3) is 3.33. The van der Waals surface area contributed by atoms with E-state index >= 15 is 0 Å². The highest BCUT2D eigenvalue weighted by molar-refractivity contribution is 5.92. The minimum Gasteiger partial charge on any atom is -0.491 e. The summed E-state index contributed by atoms with van der Waals surface area (Å²) in [5, 5.41) is 6.53. The van der Waals surface area contributed by atoms with Crippen LogP contribution in [0.25, 0.3) is 0 Å². The van der Waals surface area contributed by atoms with E-state index in [0.717, 1.165) is 0 Å². The van der Waals surface area contributed by atoms with Crippen LogP contribution in [0.1, 0.15) is 54.9 Å². The van der Waals surface area contributed by atoms with Crippen LogP contribution in [-0.2, 0) is 0 Å². The van der Waals surface area contributed by atoms with Gasteiger partial charge in [0, 0.05) is 18.2 Å². The number of hydrogen-bond donors (Lipinski definition) is 2. The zero-order valence-electron chi connectivity index (χ0n) is 12.8. The van der Waals surface area contributed by atoms with Crippen LogP contribution < -0.4 is 15.5 Å². The van der Waals surface area contributed by atoms with Gasteiger partial charge in [0.25, 0.3) is 5.91 Å². The number of H-pyrrole nitrogens is 1. The Balaban J connectivity index is 2.10. The molecule has 22 heavy (non-hydrogen) atoms. The van der Waals surface area contributed by atoms with Crippen LogP contribution in [0.15, 0.2) is 21.6 Å². The zero-order valence-corrected chi connectivity index (χ0v) is 12.8. The quantitative estimate of drug-likeness (QED) is 0.863. The third-order valence-corrected chi connectivity index (χ3v) is 3.03. The van der Waals surface area contributed by atoms with E-state index in [1.165, 1.54) is 19.4 Å². The average Bonchev–Trinajstić information content (AvgIpc) is 2.97. The lowest BCUT2D eigenvalue weighted by atomic mass is 10.2. The van der Waals surface area contributed by atoms with Crippen LogP contribution in [0, 0.1) is 0 Å². The Hall–Kier alpha value is -2.64. The molecule has 2 aromatic heterocycles. The molecule has 0 saturated carbocycles. The van der Waals surface area contributed by atoms with Crippen LogP contribution >= 0.6 is 0 Å². The number of pyridine rings is 1. The Kier molecular flexibility index (Phi) is 4.59. The summed E-state index contributed by atoms with van der Waals surface area (Å²) in [5.74, 6) is 0.722. The van der Waals surface area contributed by atoms with Gasteiger partial charge in [0.1, 0.15) is 11.7 Å². The van der Waals surface area contributed by atoms with E-state index < -0.39 is 11.9 Å². The number of nitrogens with zero attached hydrogens (tertiary/aromatic N) is 2. The molecule has 0 bridgehead atoms. The van der Waals surface area contributed by atoms with Crippen LogP contribution in [0.4, 0.5) is 0 Å². The highest BCUT2D eigenvalue weighted by Gasteiger charge is 2.19. The number of hydrogen-bond acceptors (Lipinski definition) is 6. The van der Waals surface area contributed by atoms with Crippen molar-refractivity contribution >= 4 is 5.91 Å². The second-order valence-corrected chi connectivity index (χ2v) is 5.12. The third-order valence-electron chi connectivity index (χ3n) is 3.03. The minimum absolute atomic E-state index is 0.126. The molecule has 2 aromatic rings. The summed E-state index contributed by atoms with van der Waals surface area (Å²) in [6.07, 6.45) is 1.34. The zero-order chi connectivity index (χ0) is 16.3. The minimum atomic E-state index is -0.474. The molecule has 0 spiro atoms. The molecule has 0 aromatic carbocycles. The lowest BCUT2D eigenvalue weighted by Gasteiger charge is -2.09. The number of rotatable bonds is 5. The molecule has 0 aliphatic carbocycles. The van der Waals surface area contributed by atoms with E-state index in [9.17, 15) is 9.59 Å². The fourth-order valence-corrected chi connectivity index (χ4v) is 1.74. The Morgan fingerprint density at radius 1 is 1.41 bits per heavy atom. The van der Waals surface area contributed by atoms with Crippen molar-refractivity contribution in [2.24, 2.45) is 0 Å². The maximum Gasteiger partial charge on any atom is 0.268 e. The van der Waals surface area contributed by atoms with Crippen molar-refractivity contribution in [1.29, 1.82) is 0 Å². The van der Waals surface area contributed by atoms with Gasteiger partial charge in [0.05, 0.1) is 7.11 Å².